The second-order valence-electron chi connectivity index (χ2n) is 4.66. The summed E-state index contributed by atoms with van der Waals surface area (Å²) in [4.78, 5) is 11.5. The summed E-state index contributed by atoms with van der Waals surface area (Å²) in [6.07, 6.45) is 3.19. The van der Waals surface area contributed by atoms with Gasteiger partial charge < -0.3 is 10.4 Å². The van der Waals surface area contributed by atoms with Gasteiger partial charge in [-0.3, -0.25) is 4.79 Å². The van der Waals surface area contributed by atoms with Gasteiger partial charge in [0, 0.05) is 11.6 Å². The minimum Gasteiger partial charge on any atom is -0.508 e. The van der Waals surface area contributed by atoms with Gasteiger partial charge in [-0.15, -0.1) is 0 Å². The van der Waals surface area contributed by atoms with E-state index in [4.69, 9.17) is 5.11 Å². The van der Waals surface area contributed by atoms with Crippen molar-refractivity contribution in [2.75, 3.05) is 0 Å². The van der Waals surface area contributed by atoms with Crippen LogP contribution >= 0.6 is 0 Å². The number of phenols is 1. The van der Waals surface area contributed by atoms with E-state index in [-0.39, 0.29) is 17.2 Å². The van der Waals surface area contributed by atoms with Crippen molar-refractivity contribution in [3.05, 3.63) is 35.9 Å². The first kappa shape index (κ1) is 12.3. The largest absolute Gasteiger partial charge is 0.508 e. The van der Waals surface area contributed by atoms with E-state index in [9.17, 15) is 4.79 Å². The fourth-order valence-electron chi connectivity index (χ4n) is 1.17. The smallest absolute Gasteiger partial charge is 0.244 e. The number of hydrogen-bond acceptors (Lipinski definition) is 2. The highest BCUT2D eigenvalue weighted by Gasteiger charge is 2.10. The molecule has 0 aliphatic carbocycles. The highest BCUT2D eigenvalue weighted by Crippen LogP contribution is 2.10. The van der Waals surface area contributed by atoms with Crippen LogP contribution in [-0.2, 0) is 4.79 Å². The quantitative estimate of drug-likeness (QED) is 0.750. The molecule has 2 N–H and O–H groups in total. The summed E-state index contributed by atoms with van der Waals surface area (Å²) in [5, 5.41) is 11.9. The molecule has 1 aromatic rings. The summed E-state index contributed by atoms with van der Waals surface area (Å²) < 4.78 is 0. The summed E-state index contributed by atoms with van der Waals surface area (Å²) in [6, 6.07) is 6.66. The highest BCUT2D eigenvalue weighted by atomic mass is 16.3. The van der Waals surface area contributed by atoms with Gasteiger partial charge in [-0.2, -0.15) is 0 Å². The lowest BCUT2D eigenvalue weighted by Gasteiger charge is -2.18. The van der Waals surface area contributed by atoms with E-state index >= 15 is 0 Å². The molecule has 0 aliphatic rings. The Morgan fingerprint density at radius 2 is 1.81 bits per heavy atom. The number of phenolic OH excluding ortho intramolecular Hbond substituents is 1. The summed E-state index contributed by atoms with van der Waals surface area (Å²) >= 11 is 0. The van der Waals surface area contributed by atoms with Crippen molar-refractivity contribution in [3.63, 3.8) is 0 Å². The van der Waals surface area contributed by atoms with Crippen LogP contribution in [0.2, 0.25) is 0 Å². The number of carbonyl (C=O) groups excluding carboxylic acids is 1. The summed E-state index contributed by atoms with van der Waals surface area (Å²) in [6.45, 7) is 5.79. The van der Waals surface area contributed by atoms with Crippen molar-refractivity contribution in [1.82, 2.24) is 5.32 Å². The molecule has 0 atom stereocenters. The zero-order valence-electron chi connectivity index (χ0n) is 9.82. The Bertz CT molecular complexity index is 385. The summed E-state index contributed by atoms with van der Waals surface area (Å²) in [7, 11) is 0. The van der Waals surface area contributed by atoms with Gasteiger partial charge in [0.1, 0.15) is 5.75 Å². The minimum absolute atomic E-state index is 0.124. The first-order valence-corrected chi connectivity index (χ1v) is 5.16. The first-order valence-electron chi connectivity index (χ1n) is 5.16. The van der Waals surface area contributed by atoms with Crippen LogP contribution in [0.15, 0.2) is 30.3 Å². The third-order valence-electron chi connectivity index (χ3n) is 1.82. The molecule has 0 radical (unpaired) electrons. The maximum atomic E-state index is 11.5. The van der Waals surface area contributed by atoms with E-state index < -0.39 is 0 Å². The van der Waals surface area contributed by atoms with Gasteiger partial charge in [0.15, 0.2) is 0 Å². The monoisotopic (exact) mass is 219 g/mol. The number of hydrogen-bond donors (Lipinski definition) is 2. The predicted octanol–water partition coefficient (Wildman–Crippen LogP) is 2.32. The number of aromatic hydroxyl groups is 1. The van der Waals surface area contributed by atoms with E-state index in [0.29, 0.717) is 0 Å². The molecule has 0 unspecified atom stereocenters. The average Bonchev–Trinajstić information content (AvgIpc) is 2.14. The lowest BCUT2D eigenvalue weighted by Crippen LogP contribution is -2.39. The molecular formula is C13H17NO2. The standard InChI is InChI=1S/C13H17NO2/c1-13(2,3)14-12(16)9-6-10-4-7-11(15)8-5-10/h4-9,15H,1-3H3,(H,14,16)/b9-6+. The zero-order chi connectivity index (χ0) is 12.2. The molecule has 86 valence electrons. The summed E-state index contributed by atoms with van der Waals surface area (Å²) in [5.41, 5.74) is 0.651. The molecular weight excluding hydrogens is 202 g/mol. The maximum absolute atomic E-state index is 11.5. The second-order valence-corrected chi connectivity index (χ2v) is 4.66. The molecule has 0 fully saturated rings. The molecule has 1 aromatic carbocycles. The lowest BCUT2D eigenvalue weighted by atomic mass is 10.1. The van der Waals surface area contributed by atoms with E-state index in [1.165, 1.54) is 6.08 Å². The van der Waals surface area contributed by atoms with Crippen LogP contribution in [0.1, 0.15) is 26.3 Å². The number of nitrogens with one attached hydrogen (secondary N) is 1. The number of rotatable bonds is 2. The van der Waals surface area contributed by atoms with Crippen LogP contribution in [0.4, 0.5) is 0 Å². The predicted molar refractivity (Wildman–Crippen MR) is 65.0 cm³/mol. The summed E-state index contributed by atoms with van der Waals surface area (Å²) in [5.74, 6) is 0.0943. The fraction of sp³-hybridized carbons (Fsp3) is 0.308. The van der Waals surface area contributed by atoms with Crippen LogP contribution in [0, 0.1) is 0 Å². The normalized spacial score (nSPS) is 11.7. The van der Waals surface area contributed by atoms with Gasteiger partial charge in [-0.25, -0.2) is 0 Å². The first-order chi connectivity index (χ1) is 7.37. The van der Waals surface area contributed by atoms with Gasteiger partial charge in [0.2, 0.25) is 5.91 Å². The van der Waals surface area contributed by atoms with Crippen LogP contribution in [0.5, 0.6) is 5.75 Å². The average molecular weight is 219 g/mol. The Balaban J connectivity index is 2.60. The molecule has 0 spiro atoms. The number of benzene rings is 1. The van der Waals surface area contributed by atoms with Crippen molar-refractivity contribution in [2.24, 2.45) is 0 Å². The minimum atomic E-state index is -0.226. The van der Waals surface area contributed by atoms with Gasteiger partial charge in [0.05, 0.1) is 0 Å². The SMILES string of the molecule is CC(C)(C)NC(=O)/C=C/c1ccc(O)cc1. The zero-order valence-corrected chi connectivity index (χ0v) is 9.82. The third-order valence-corrected chi connectivity index (χ3v) is 1.82. The van der Waals surface area contributed by atoms with Crippen molar-refractivity contribution >= 4 is 12.0 Å². The van der Waals surface area contributed by atoms with Gasteiger partial charge in [-0.05, 0) is 44.5 Å². The molecule has 0 saturated heterocycles. The van der Waals surface area contributed by atoms with Crippen LogP contribution in [0.3, 0.4) is 0 Å². The Hall–Kier alpha value is -1.77. The number of carbonyl (C=O) groups is 1. The van der Waals surface area contributed by atoms with Gasteiger partial charge in [0.25, 0.3) is 0 Å². The molecule has 0 heterocycles. The Labute approximate surface area is 95.8 Å². The van der Waals surface area contributed by atoms with Gasteiger partial charge in [-0.1, -0.05) is 12.1 Å². The Morgan fingerprint density at radius 3 is 2.31 bits per heavy atom. The molecule has 16 heavy (non-hydrogen) atoms. The second kappa shape index (κ2) is 4.84. The molecule has 3 nitrogen and oxygen atoms in total. The maximum Gasteiger partial charge on any atom is 0.244 e. The molecule has 0 aromatic heterocycles. The van der Waals surface area contributed by atoms with E-state index in [2.05, 4.69) is 5.32 Å². The fourth-order valence-corrected chi connectivity index (χ4v) is 1.17. The van der Waals surface area contributed by atoms with Crippen LogP contribution < -0.4 is 5.32 Å². The van der Waals surface area contributed by atoms with Crippen LogP contribution in [0.25, 0.3) is 6.08 Å². The van der Waals surface area contributed by atoms with E-state index in [1.807, 2.05) is 20.8 Å². The van der Waals surface area contributed by atoms with Crippen molar-refractivity contribution in [2.45, 2.75) is 26.3 Å². The number of amides is 1. The molecule has 0 bridgehead atoms. The topological polar surface area (TPSA) is 49.3 Å². The molecule has 1 amide bonds. The highest BCUT2D eigenvalue weighted by molar-refractivity contribution is 5.92. The van der Waals surface area contributed by atoms with Crippen molar-refractivity contribution in [1.29, 1.82) is 0 Å². The van der Waals surface area contributed by atoms with Crippen molar-refractivity contribution in [3.8, 4) is 5.75 Å². The lowest BCUT2D eigenvalue weighted by molar-refractivity contribution is -0.117. The molecule has 1 rings (SSSR count). The Morgan fingerprint density at radius 1 is 1.25 bits per heavy atom. The van der Waals surface area contributed by atoms with Gasteiger partial charge >= 0.3 is 0 Å². The third kappa shape index (κ3) is 4.64. The van der Waals surface area contributed by atoms with Crippen molar-refractivity contribution < 1.29 is 9.90 Å². The van der Waals surface area contributed by atoms with E-state index in [0.717, 1.165) is 5.56 Å². The Kier molecular flexibility index (Phi) is 3.72. The molecule has 0 aliphatic heterocycles. The van der Waals surface area contributed by atoms with E-state index in [1.54, 1.807) is 30.3 Å². The molecule has 3 heteroatoms. The molecule has 0 saturated carbocycles. The van der Waals surface area contributed by atoms with Crippen LogP contribution in [-0.4, -0.2) is 16.6 Å².